The van der Waals surface area contributed by atoms with E-state index in [0.717, 1.165) is 10.8 Å². The summed E-state index contributed by atoms with van der Waals surface area (Å²) in [5.74, 6) is -4.30. The van der Waals surface area contributed by atoms with E-state index in [1.165, 1.54) is 22.2 Å². The lowest BCUT2D eigenvalue weighted by Gasteiger charge is -2.26. The van der Waals surface area contributed by atoms with E-state index < -0.39 is 90.7 Å². The number of carbonyl (C=O) groups excluding carboxylic acids is 8. The molecule has 6 heterocycles. The highest BCUT2D eigenvalue weighted by atomic mass is 16.7. The standard InChI is InChI=1S/C25H28N4O7.C23H24N4O7/c1-2-35-25-19(11-21(32)36-25)27-20(31)13-29-12-15(14-30)7-8-18(24(29)34)28-23(33)22-17-6-4-3-5-16(17)9-10-26-22;28-12-13-5-6-16(26-21(31)20-15-4-2-1-3-14(15)7-8-24-20)22(32)27(10-13)11-18(29)25-17-9-19(30)34-23(17)33/h3-7,9-10,18-19,25,30H,2,8,11-14H2,1H3,(H,27,31)(H,28,33);1-5,7-8,16-17,23,28,33H,6,9-12H2,(H,25,29)(H,26,31)/t18-,19?,25?;16-,17?,23?/m00/s1. The molecule has 4 aromatic rings. The molecule has 0 spiro atoms. The average Bonchev–Trinajstić information content (AvgIpc) is 3.76. The van der Waals surface area contributed by atoms with Crippen LogP contribution < -0.4 is 21.3 Å². The Bertz CT molecular complexity index is 2720. The molecule has 4 aliphatic heterocycles. The first kappa shape index (κ1) is 50.2. The molecule has 2 aromatic heterocycles. The van der Waals surface area contributed by atoms with Gasteiger partial charge in [0, 0.05) is 42.9 Å². The van der Waals surface area contributed by atoms with Crippen LogP contribution in [0.4, 0.5) is 0 Å². The number of ether oxygens (including phenoxy) is 3. The fourth-order valence-electron chi connectivity index (χ4n) is 8.27. The van der Waals surface area contributed by atoms with Crippen molar-refractivity contribution < 1.29 is 67.9 Å². The SMILES string of the molecule is CCOC1OC(=O)CC1NC(=O)CN1CC(CO)=CC[C@H](NC(=O)c2nccc3ccccc23)C1=O.O=C(CN1CC(CO)=CC[C@H](NC(=O)c2nccc3ccccc23)C1=O)NC1CC(=O)OC1O. The molecule has 70 heavy (non-hydrogen) atoms. The number of hydrogen-bond donors (Lipinski definition) is 7. The van der Waals surface area contributed by atoms with Crippen LogP contribution in [0, 0.1) is 0 Å². The van der Waals surface area contributed by atoms with Crippen LogP contribution in [0.2, 0.25) is 0 Å². The van der Waals surface area contributed by atoms with Gasteiger partial charge in [-0.2, -0.15) is 0 Å². The van der Waals surface area contributed by atoms with Crippen molar-refractivity contribution in [3.05, 3.63) is 108 Å². The van der Waals surface area contributed by atoms with Gasteiger partial charge in [-0.1, -0.05) is 60.7 Å². The Morgan fingerprint density at radius 3 is 1.57 bits per heavy atom. The summed E-state index contributed by atoms with van der Waals surface area (Å²) in [6.45, 7) is 0.708. The van der Waals surface area contributed by atoms with Crippen LogP contribution in [-0.2, 0) is 43.0 Å². The molecule has 2 fully saturated rings. The van der Waals surface area contributed by atoms with Gasteiger partial charge < -0.3 is 60.6 Å². The zero-order valence-electron chi connectivity index (χ0n) is 37.9. The summed E-state index contributed by atoms with van der Waals surface area (Å²) in [7, 11) is 0. The van der Waals surface area contributed by atoms with Crippen molar-refractivity contribution in [3.8, 4) is 0 Å². The van der Waals surface area contributed by atoms with E-state index in [0.29, 0.717) is 28.5 Å². The number of aromatic nitrogens is 2. The van der Waals surface area contributed by atoms with E-state index in [4.69, 9.17) is 9.47 Å². The van der Waals surface area contributed by atoms with Gasteiger partial charge in [-0.25, -0.2) is 0 Å². The molecule has 2 saturated heterocycles. The van der Waals surface area contributed by atoms with Gasteiger partial charge in [0.2, 0.25) is 36.2 Å². The number of carbonyl (C=O) groups is 8. The number of cyclic esters (lactones) is 2. The lowest BCUT2D eigenvalue weighted by Crippen LogP contribution is -2.52. The molecule has 4 aliphatic rings. The third-order valence-electron chi connectivity index (χ3n) is 11.7. The normalized spacial score (nSPS) is 22.4. The van der Waals surface area contributed by atoms with Crippen molar-refractivity contribution >= 4 is 68.9 Å². The van der Waals surface area contributed by atoms with Gasteiger partial charge in [0.15, 0.2) is 0 Å². The predicted molar refractivity (Wildman–Crippen MR) is 245 cm³/mol. The van der Waals surface area contributed by atoms with Crippen molar-refractivity contribution in [2.75, 3.05) is 46.0 Å². The molecule has 368 valence electrons. The van der Waals surface area contributed by atoms with Crippen LogP contribution in [0.5, 0.6) is 0 Å². The summed E-state index contributed by atoms with van der Waals surface area (Å²) in [6, 6.07) is 14.6. The number of nitrogens with zero attached hydrogens (tertiary/aromatic N) is 4. The van der Waals surface area contributed by atoms with E-state index in [2.05, 4.69) is 36.0 Å². The summed E-state index contributed by atoms with van der Waals surface area (Å²) in [5.41, 5.74) is 1.42. The lowest BCUT2D eigenvalue weighted by atomic mass is 10.1. The lowest BCUT2D eigenvalue weighted by molar-refractivity contribution is -0.164. The molecule has 0 aliphatic carbocycles. The number of benzene rings is 2. The van der Waals surface area contributed by atoms with E-state index in [-0.39, 0.29) is 69.9 Å². The monoisotopic (exact) mass is 964 g/mol. The smallest absolute Gasteiger partial charge is 0.310 e. The number of nitrogens with one attached hydrogen (secondary N) is 4. The summed E-state index contributed by atoms with van der Waals surface area (Å²) >= 11 is 0. The second kappa shape index (κ2) is 23.1. The number of aliphatic hydroxyl groups is 3. The van der Waals surface area contributed by atoms with Gasteiger partial charge >= 0.3 is 11.9 Å². The van der Waals surface area contributed by atoms with E-state index in [1.54, 1.807) is 55.5 Å². The Morgan fingerprint density at radius 1 is 0.657 bits per heavy atom. The summed E-state index contributed by atoms with van der Waals surface area (Å²) < 4.78 is 15.0. The highest BCUT2D eigenvalue weighted by molar-refractivity contribution is 6.07. The number of fused-ring (bicyclic) bond motifs is 2. The van der Waals surface area contributed by atoms with Gasteiger partial charge in [0.25, 0.3) is 11.8 Å². The number of rotatable bonds is 14. The van der Waals surface area contributed by atoms with E-state index in [9.17, 15) is 53.7 Å². The average molecular weight is 965 g/mol. The largest absolute Gasteiger partial charge is 0.434 e. The highest BCUT2D eigenvalue weighted by Gasteiger charge is 2.39. The molecule has 22 nitrogen and oxygen atoms in total. The highest BCUT2D eigenvalue weighted by Crippen LogP contribution is 2.21. The summed E-state index contributed by atoms with van der Waals surface area (Å²) in [4.78, 5) is 112. The van der Waals surface area contributed by atoms with Crippen molar-refractivity contribution in [2.24, 2.45) is 0 Å². The van der Waals surface area contributed by atoms with E-state index in [1.807, 2.05) is 24.3 Å². The van der Waals surface area contributed by atoms with Crippen molar-refractivity contribution in [1.82, 2.24) is 41.0 Å². The maximum absolute atomic E-state index is 13.3. The minimum Gasteiger partial charge on any atom is -0.434 e. The maximum Gasteiger partial charge on any atom is 0.310 e. The van der Waals surface area contributed by atoms with Crippen LogP contribution in [0.15, 0.2) is 96.4 Å². The van der Waals surface area contributed by atoms with Gasteiger partial charge in [0.1, 0.15) is 35.6 Å². The van der Waals surface area contributed by atoms with Crippen LogP contribution >= 0.6 is 0 Å². The zero-order valence-corrected chi connectivity index (χ0v) is 37.9. The van der Waals surface area contributed by atoms with Gasteiger partial charge in [-0.3, -0.25) is 48.3 Å². The minimum atomic E-state index is -1.45. The summed E-state index contributed by atoms with van der Waals surface area (Å²) in [5, 5.41) is 42.5. The molecule has 2 aromatic carbocycles. The molecular formula is C48H52N8O14. The Balaban J connectivity index is 0.000000207. The number of aliphatic hydroxyl groups excluding tert-OH is 3. The molecule has 0 bridgehead atoms. The molecule has 6 amide bonds. The maximum atomic E-state index is 13.3. The van der Waals surface area contributed by atoms with Crippen molar-refractivity contribution in [3.63, 3.8) is 0 Å². The Kier molecular flexibility index (Phi) is 16.6. The van der Waals surface area contributed by atoms with Crippen LogP contribution in [-0.4, -0.2) is 165 Å². The molecule has 6 atom stereocenters. The number of amides is 6. The summed E-state index contributed by atoms with van der Waals surface area (Å²) in [6.07, 6.45) is 4.11. The molecule has 0 saturated carbocycles. The third-order valence-corrected chi connectivity index (χ3v) is 11.7. The Labute approximate surface area is 400 Å². The van der Waals surface area contributed by atoms with Gasteiger partial charge in [0.05, 0.1) is 39.1 Å². The fraction of sp³-hybridized carbons (Fsp3) is 0.375. The first-order valence-corrected chi connectivity index (χ1v) is 22.5. The fourth-order valence-corrected chi connectivity index (χ4v) is 8.27. The first-order chi connectivity index (χ1) is 33.7. The number of esters is 2. The minimum absolute atomic E-state index is 0.00963. The molecule has 22 heteroatoms. The molecule has 4 unspecified atom stereocenters. The topological polar surface area (TPSA) is 305 Å². The second-order valence-electron chi connectivity index (χ2n) is 16.7. The Hall–Kier alpha value is -7.66. The first-order valence-electron chi connectivity index (χ1n) is 22.5. The van der Waals surface area contributed by atoms with Crippen LogP contribution in [0.3, 0.4) is 0 Å². The van der Waals surface area contributed by atoms with Crippen LogP contribution in [0.1, 0.15) is 53.6 Å². The van der Waals surface area contributed by atoms with Crippen molar-refractivity contribution in [1.29, 1.82) is 0 Å². The van der Waals surface area contributed by atoms with Crippen molar-refractivity contribution in [2.45, 2.75) is 69.4 Å². The predicted octanol–water partition coefficient (Wildman–Crippen LogP) is -0.487. The Morgan fingerprint density at radius 2 is 1.11 bits per heavy atom. The molecule has 0 radical (unpaired) electrons. The number of hydrogen-bond acceptors (Lipinski definition) is 16. The second-order valence-corrected chi connectivity index (χ2v) is 16.7. The quantitative estimate of drug-likeness (QED) is 0.0620. The van der Waals surface area contributed by atoms with E-state index >= 15 is 0 Å². The molecule has 7 N–H and O–H groups in total. The number of pyridine rings is 2. The van der Waals surface area contributed by atoms with Crippen LogP contribution in [0.25, 0.3) is 21.5 Å². The van der Waals surface area contributed by atoms with Gasteiger partial charge in [-0.05, 0) is 53.8 Å². The molecular weight excluding hydrogens is 913 g/mol. The van der Waals surface area contributed by atoms with Gasteiger partial charge in [-0.15, -0.1) is 0 Å². The zero-order chi connectivity index (χ0) is 49.9. The third kappa shape index (κ3) is 12.3. The molecule has 8 rings (SSSR count).